The highest BCUT2D eigenvalue weighted by Crippen LogP contribution is 2.16. The van der Waals surface area contributed by atoms with Crippen LogP contribution in [0.1, 0.15) is 38.8 Å². The van der Waals surface area contributed by atoms with Crippen LogP contribution in [-0.4, -0.2) is 42.0 Å². The predicted octanol–water partition coefficient (Wildman–Crippen LogP) is 2.47. The highest BCUT2D eigenvalue weighted by molar-refractivity contribution is 6.62. The van der Waals surface area contributed by atoms with E-state index in [4.69, 9.17) is 13.3 Å². The van der Waals surface area contributed by atoms with Crippen LogP contribution >= 0.6 is 0 Å². The van der Waals surface area contributed by atoms with E-state index >= 15 is 0 Å². The van der Waals surface area contributed by atoms with Crippen LogP contribution in [0.4, 0.5) is 0 Å². The third-order valence-corrected chi connectivity index (χ3v) is 7.07. The summed E-state index contributed by atoms with van der Waals surface area (Å²) >= 11 is 0. The average Bonchev–Trinajstić information content (AvgIpc) is 2.56. The average molecular weight is 327 g/mol. The standard InChI is InChI=1S/C16H30N2O3Si/c1-7-16(22(19-4,20-5)21-6)18-14(3)17-13(2)15-11-9-8-10-12-15/h8-14,16-18H,7H2,1-6H3. The third kappa shape index (κ3) is 4.87. The molecule has 0 fully saturated rings. The maximum absolute atomic E-state index is 5.58. The highest BCUT2D eigenvalue weighted by atomic mass is 28.4. The van der Waals surface area contributed by atoms with Crippen LogP contribution in [-0.2, 0) is 13.3 Å². The fourth-order valence-corrected chi connectivity index (χ4v) is 5.02. The first kappa shape index (κ1) is 19.3. The molecule has 1 rings (SSSR count). The minimum Gasteiger partial charge on any atom is -0.376 e. The van der Waals surface area contributed by atoms with Gasteiger partial charge >= 0.3 is 8.80 Å². The van der Waals surface area contributed by atoms with Gasteiger partial charge < -0.3 is 13.3 Å². The molecule has 0 saturated carbocycles. The Balaban J connectivity index is 2.67. The van der Waals surface area contributed by atoms with E-state index in [1.165, 1.54) is 5.56 Å². The summed E-state index contributed by atoms with van der Waals surface area (Å²) in [6.45, 7) is 6.36. The van der Waals surface area contributed by atoms with Crippen LogP contribution in [0, 0.1) is 0 Å². The van der Waals surface area contributed by atoms with Gasteiger partial charge in [0.2, 0.25) is 0 Å². The lowest BCUT2D eigenvalue weighted by Crippen LogP contribution is -2.63. The van der Waals surface area contributed by atoms with Crippen molar-refractivity contribution in [3.8, 4) is 0 Å². The molecule has 0 aliphatic heterocycles. The van der Waals surface area contributed by atoms with E-state index in [0.29, 0.717) is 0 Å². The second-order valence-corrected chi connectivity index (χ2v) is 8.49. The van der Waals surface area contributed by atoms with E-state index in [9.17, 15) is 0 Å². The molecule has 126 valence electrons. The molecule has 1 aromatic rings. The SMILES string of the molecule is CCC(NC(C)NC(C)c1ccccc1)[Si](OC)(OC)OC. The summed E-state index contributed by atoms with van der Waals surface area (Å²) in [5.41, 5.74) is 1.30. The topological polar surface area (TPSA) is 51.8 Å². The Morgan fingerprint density at radius 2 is 1.50 bits per heavy atom. The Morgan fingerprint density at radius 1 is 0.955 bits per heavy atom. The minimum absolute atomic E-state index is 0.0398. The van der Waals surface area contributed by atoms with Crippen LogP contribution in [0.3, 0.4) is 0 Å². The summed E-state index contributed by atoms with van der Waals surface area (Å²) in [5, 5.41) is 7.09. The van der Waals surface area contributed by atoms with Gasteiger partial charge in [0.05, 0.1) is 11.8 Å². The van der Waals surface area contributed by atoms with Gasteiger partial charge in [0.1, 0.15) is 0 Å². The van der Waals surface area contributed by atoms with Gasteiger partial charge in [-0.05, 0) is 25.8 Å². The molecule has 0 aliphatic carbocycles. The summed E-state index contributed by atoms with van der Waals surface area (Å²) in [6.07, 6.45) is 0.973. The zero-order chi connectivity index (χ0) is 16.6. The van der Waals surface area contributed by atoms with Crippen molar-refractivity contribution in [3.63, 3.8) is 0 Å². The van der Waals surface area contributed by atoms with Crippen molar-refractivity contribution in [2.24, 2.45) is 0 Å². The van der Waals surface area contributed by atoms with Gasteiger partial charge in [0.15, 0.2) is 0 Å². The first-order chi connectivity index (χ1) is 10.5. The molecule has 3 atom stereocenters. The number of benzene rings is 1. The normalized spacial score (nSPS) is 16.3. The molecule has 5 nitrogen and oxygen atoms in total. The first-order valence-corrected chi connectivity index (χ1v) is 9.55. The molecular weight excluding hydrogens is 296 g/mol. The van der Waals surface area contributed by atoms with Gasteiger partial charge in [-0.1, -0.05) is 37.3 Å². The Kier molecular flexibility index (Phi) is 8.23. The molecular formula is C16H30N2O3Si. The quantitative estimate of drug-likeness (QED) is 0.511. The lowest BCUT2D eigenvalue weighted by atomic mass is 10.1. The van der Waals surface area contributed by atoms with Gasteiger partial charge in [0, 0.05) is 27.4 Å². The second-order valence-electron chi connectivity index (χ2n) is 5.36. The van der Waals surface area contributed by atoms with Gasteiger partial charge in [-0.3, -0.25) is 10.6 Å². The highest BCUT2D eigenvalue weighted by Gasteiger charge is 2.46. The molecule has 6 heteroatoms. The van der Waals surface area contributed by atoms with Crippen molar-refractivity contribution in [1.82, 2.24) is 10.6 Å². The van der Waals surface area contributed by atoms with E-state index in [0.717, 1.165) is 6.42 Å². The zero-order valence-corrected chi connectivity index (χ0v) is 15.6. The minimum atomic E-state index is -2.69. The predicted molar refractivity (Wildman–Crippen MR) is 91.5 cm³/mol. The molecule has 2 N–H and O–H groups in total. The number of hydrogen-bond acceptors (Lipinski definition) is 5. The Labute approximate surface area is 135 Å². The van der Waals surface area contributed by atoms with Crippen LogP contribution < -0.4 is 10.6 Å². The molecule has 0 spiro atoms. The fraction of sp³-hybridized carbons (Fsp3) is 0.625. The molecule has 0 saturated heterocycles. The first-order valence-electron chi connectivity index (χ1n) is 7.75. The third-order valence-electron chi connectivity index (χ3n) is 3.94. The monoisotopic (exact) mass is 326 g/mol. The molecule has 3 unspecified atom stereocenters. The summed E-state index contributed by atoms with van der Waals surface area (Å²) in [7, 11) is 2.25. The number of hydrogen-bond donors (Lipinski definition) is 2. The van der Waals surface area contributed by atoms with Crippen molar-refractivity contribution in [1.29, 1.82) is 0 Å². The second kappa shape index (κ2) is 9.39. The van der Waals surface area contributed by atoms with Crippen molar-refractivity contribution in [3.05, 3.63) is 35.9 Å². The summed E-state index contributed by atoms with van der Waals surface area (Å²) < 4.78 is 16.8. The molecule has 22 heavy (non-hydrogen) atoms. The van der Waals surface area contributed by atoms with Gasteiger partial charge in [-0.25, -0.2) is 0 Å². The Bertz CT molecular complexity index is 407. The Morgan fingerprint density at radius 3 is 1.95 bits per heavy atom. The molecule has 1 aromatic carbocycles. The van der Waals surface area contributed by atoms with Crippen molar-refractivity contribution < 1.29 is 13.3 Å². The van der Waals surface area contributed by atoms with Crippen molar-refractivity contribution >= 4 is 8.80 Å². The molecule has 0 aliphatic rings. The molecule has 0 heterocycles. The molecule has 0 aromatic heterocycles. The maximum atomic E-state index is 5.58. The van der Waals surface area contributed by atoms with Gasteiger partial charge in [-0.2, -0.15) is 0 Å². The van der Waals surface area contributed by atoms with Crippen LogP contribution in [0.5, 0.6) is 0 Å². The maximum Gasteiger partial charge on any atom is 0.518 e. The fourth-order valence-electron chi connectivity index (χ4n) is 2.71. The number of nitrogens with one attached hydrogen (secondary N) is 2. The summed E-state index contributed by atoms with van der Waals surface area (Å²) in [6, 6.07) is 10.6. The molecule has 0 radical (unpaired) electrons. The smallest absolute Gasteiger partial charge is 0.376 e. The lowest BCUT2D eigenvalue weighted by molar-refractivity contribution is 0.103. The van der Waals surface area contributed by atoms with Crippen LogP contribution in [0.2, 0.25) is 0 Å². The van der Waals surface area contributed by atoms with Gasteiger partial charge in [-0.15, -0.1) is 0 Å². The summed E-state index contributed by atoms with van der Waals surface area (Å²) in [5.74, 6) is 0. The van der Waals surface area contributed by atoms with Crippen molar-refractivity contribution in [2.45, 2.75) is 45.1 Å². The van der Waals surface area contributed by atoms with E-state index in [1.807, 2.05) is 6.07 Å². The van der Waals surface area contributed by atoms with E-state index in [1.54, 1.807) is 21.3 Å². The van der Waals surface area contributed by atoms with E-state index in [-0.39, 0.29) is 17.9 Å². The van der Waals surface area contributed by atoms with Gasteiger partial charge in [0.25, 0.3) is 0 Å². The zero-order valence-electron chi connectivity index (χ0n) is 14.6. The summed E-state index contributed by atoms with van der Waals surface area (Å²) in [4.78, 5) is 0. The van der Waals surface area contributed by atoms with Crippen LogP contribution in [0.25, 0.3) is 0 Å². The largest absolute Gasteiger partial charge is 0.518 e. The van der Waals surface area contributed by atoms with Crippen LogP contribution in [0.15, 0.2) is 30.3 Å². The Hall–Kier alpha value is -0.763. The molecule has 0 amide bonds. The van der Waals surface area contributed by atoms with Crippen molar-refractivity contribution in [2.75, 3.05) is 21.3 Å². The van der Waals surface area contributed by atoms with E-state index in [2.05, 4.69) is 55.7 Å². The molecule has 0 bridgehead atoms. The van der Waals surface area contributed by atoms with E-state index < -0.39 is 8.80 Å². The lowest BCUT2D eigenvalue weighted by Gasteiger charge is -2.35. The number of rotatable bonds is 10.